The molecule has 0 unspecified atom stereocenters. The van der Waals surface area contributed by atoms with Gasteiger partial charge in [0.1, 0.15) is 11.5 Å². The molecule has 0 aliphatic rings. The maximum absolute atomic E-state index is 10.9. The summed E-state index contributed by atoms with van der Waals surface area (Å²) in [5.41, 5.74) is 1.09. The van der Waals surface area contributed by atoms with E-state index in [-0.39, 0.29) is 11.5 Å². The fourth-order valence-electron chi connectivity index (χ4n) is 3.44. The lowest BCUT2D eigenvalue weighted by molar-refractivity contribution is 0.375. The van der Waals surface area contributed by atoms with Crippen LogP contribution < -0.4 is 9.47 Å². The van der Waals surface area contributed by atoms with E-state index < -0.39 is 0 Å². The highest BCUT2D eigenvalue weighted by atomic mass is 79.9. The number of rotatable bonds is 3. The molecule has 4 rings (SSSR count). The van der Waals surface area contributed by atoms with Crippen molar-refractivity contribution >= 4 is 37.5 Å². The lowest BCUT2D eigenvalue weighted by Gasteiger charge is -2.17. The molecule has 0 aromatic heterocycles. The van der Waals surface area contributed by atoms with Gasteiger partial charge >= 0.3 is 0 Å². The van der Waals surface area contributed by atoms with Crippen molar-refractivity contribution in [3.05, 3.63) is 59.1 Å². The zero-order valence-electron chi connectivity index (χ0n) is 14.8. The first-order valence-electron chi connectivity index (χ1n) is 8.33. The molecule has 0 aliphatic carbocycles. The Morgan fingerprint density at radius 3 is 2.22 bits per heavy atom. The second-order valence-corrected chi connectivity index (χ2v) is 7.13. The minimum Gasteiger partial charge on any atom is -0.507 e. The second kappa shape index (κ2) is 6.67. The number of ether oxygens (including phenoxy) is 2. The number of hydrogen-bond acceptors (Lipinski definition) is 4. The van der Waals surface area contributed by atoms with Crippen LogP contribution in [0.2, 0.25) is 0 Å². The maximum Gasteiger partial charge on any atom is 0.166 e. The maximum atomic E-state index is 10.9. The molecule has 4 aromatic carbocycles. The third-order valence-corrected chi connectivity index (χ3v) is 5.21. The zero-order valence-corrected chi connectivity index (χ0v) is 16.4. The van der Waals surface area contributed by atoms with Crippen molar-refractivity contribution in [1.29, 1.82) is 0 Å². The van der Waals surface area contributed by atoms with E-state index in [1.165, 1.54) is 7.11 Å². The molecule has 0 spiro atoms. The van der Waals surface area contributed by atoms with E-state index in [1.807, 2.05) is 42.5 Å². The second-order valence-electron chi connectivity index (χ2n) is 6.21. The van der Waals surface area contributed by atoms with Crippen molar-refractivity contribution in [3.63, 3.8) is 0 Å². The lowest BCUT2D eigenvalue weighted by atomic mass is 9.92. The van der Waals surface area contributed by atoms with E-state index in [0.29, 0.717) is 22.6 Å². The molecule has 2 N–H and O–H groups in total. The molecule has 0 amide bonds. The molecule has 0 bridgehead atoms. The van der Waals surface area contributed by atoms with Crippen molar-refractivity contribution in [2.45, 2.75) is 0 Å². The van der Waals surface area contributed by atoms with Crippen molar-refractivity contribution < 1.29 is 19.7 Å². The summed E-state index contributed by atoms with van der Waals surface area (Å²) < 4.78 is 11.6. The summed E-state index contributed by atoms with van der Waals surface area (Å²) in [4.78, 5) is 0. The Hall–Kier alpha value is -2.92. The van der Waals surface area contributed by atoms with Crippen LogP contribution >= 0.6 is 15.9 Å². The first-order chi connectivity index (χ1) is 13.0. The Balaban J connectivity index is 2.17. The summed E-state index contributed by atoms with van der Waals surface area (Å²) in [6, 6.07) is 16.6. The van der Waals surface area contributed by atoms with Crippen LogP contribution in [0.1, 0.15) is 0 Å². The van der Waals surface area contributed by atoms with Crippen LogP contribution in [0.4, 0.5) is 0 Å². The normalized spacial score (nSPS) is 11.1. The van der Waals surface area contributed by atoms with Crippen LogP contribution in [0, 0.1) is 0 Å². The highest BCUT2D eigenvalue weighted by Crippen LogP contribution is 2.49. The number of phenolic OH excluding ortho intramolecular Hbond substituents is 2. The summed E-state index contributed by atoms with van der Waals surface area (Å²) >= 11 is 3.48. The van der Waals surface area contributed by atoms with Gasteiger partial charge in [0.15, 0.2) is 11.5 Å². The summed E-state index contributed by atoms with van der Waals surface area (Å²) in [6.45, 7) is 0. The molecular formula is C22H17BrO4. The third-order valence-electron chi connectivity index (χ3n) is 4.71. The minimum absolute atomic E-state index is 0.0131. The minimum atomic E-state index is -0.0131. The number of benzene rings is 4. The van der Waals surface area contributed by atoms with Crippen molar-refractivity contribution in [3.8, 4) is 34.1 Å². The highest BCUT2D eigenvalue weighted by molar-refractivity contribution is 9.10. The molecule has 0 atom stereocenters. The van der Waals surface area contributed by atoms with Gasteiger partial charge < -0.3 is 19.7 Å². The molecule has 0 fully saturated rings. The van der Waals surface area contributed by atoms with Gasteiger partial charge in [0, 0.05) is 15.6 Å². The monoisotopic (exact) mass is 424 g/mol. The predicted molar refractivity (Wildman–Crippen MR) is 111 cm³/mol. The quantitative estimate of drug-likeness (QED) is 0.432. The standard InChI is InChI=1S/C22H17BrO4/c1-26-15-5-7-17-13(10-15)11-19(27-2)22(25)21(17)20-16-6-4-14(23)9-12(16)3-8-18(20)24/h3-11,24-25H,1-2H3. The zero-order chi connectivity index (χ0) is 19.1. The Labute approximate surface area is 164 Å². The van der Waals surface area contributed by atoms with Crippen LogP contribution in [0.5, 0.6) is 23.0 Å². The number of fused-ring (bicyclic) bond motifs is 2. The van der Waals surface area contributed by atoms with Gasteiger partial charge in [-0.05, 0) is 64.0 Å². The van der Waals surface area contributed by atoms with Crippen molar-refractivity contribution in [2.24, 2.45) is 0 Å². The van der Waals surface area contributed by atoms with E-state index >= 15 is 0 Å². The molecule has 0 saturated carbocycles. The van der Waals surface area contributed by atoms with Gasteiger partial charge in [0.25, 0.3) is 0 Å². The van der Waals surface area contributed by atoms with E-state index in [2.05, 4.69) is 15.9 Å². The van der Waals surface area contributed by atoms with Crippen LogP contribution in [0.3, 0.4) is 0 Å². The molecule has 0 radical (unpaired) electrons. The molecule has 27 heavy (non-hydrogen) atoms. The van der Waals surface area contributed by atoms with Gasteiger partial charge in [-0.3, -0.25) is 0 Å². The molecule has 4 aromatic rings. The molecule has 0 aliphatic heterocycles. The molecule has 136 valence electrons. The van der Waals surface area contributed by atoms with Gasteiger partial charge in [-0.2, -0.15) is 0 Å². The topological polar surface area (TPSA) is 58.9 Å². The number of halogens is 1. The smallest absolute Gasteiger partial charge is 0.166 e. The fraction of sp³-hybridized carbons (Fsp3) is 0.0909. The van der Waals surface area contributed by atoms with Crippen LogP contribution in [-0.2, 0) is 0 Å². The van der Waals surface area contributed by atoms with Crippen LogP contribution in [0.25, 0.3) is 32.7 Å². The lowest BCUT2D eigenvalue weighted by Crippen LogP contribution is -1.92. The predicted octanol–water partition coefficient (Wildman–Crippen LogP) is 5.85. The number of hydrogen-bond donors (Lipinski definition) is 2. The summed E-state index contributed by atoms with van der Waals surface area (Å²) in [7, 11) is 3.11. The molecule has 5 heteroatoms. The average Bonchev–Trinajstić information content (AvgIpc) is 2.68. The van der Waals surface area contributed by atoms with Gasteiger partial charge in [0.2, 0.25) is 0 Å². The van der Waals surface area contributed by atoms with Gasteiger partial charge in [-0.25, -0.2) is 0 Å². The van der Waals surface area contributed by atoms with Gasteiger partial charge in [-0.1, -0.05) is 28.1 Å². The Morgan fingerprint density at radius 1 is 0.741 bits per heavy atom. The SMILES string of the molecule is COc1ccc2c(-c3c(O)ccc4cc(Br)ccc34)c(O)c(OC)cc2c1. The fourth-order valence-corrected chi connectivity index (χ4v) is 3.81. The van der Waals surface area contributed by atoms with E-state index in [4.69, 9.17) is 9.47 Å². The molecule has 0 heterocycles. The molecule has 0 saturated heterocycles. The summed E-state index contributed by atoms with van der Waals surface area (Å²) in [6.07, 6.45) is 0. The molecular weight excluding hydrogens is 408 g/mol. The molecule has 4 nitrogen and oxygen atoms in total. The Kier molecular flexibility index (Phi) is 4.32. The number of phenols is 2. The highest BCUT2D eigenvalue weighted by Gasteiger charge is 2.20. The van der Waals surface area contributed by atoms with E-state index in [9.17, 15) is 10.2 Å². The van der Waals surface area contributed by atoms with Gasteiger partial charge in [0.05, 0.1) is 14.2 Å². The first-order valence-corrected chi connectivity index (χ1v) is 9.12. The first kappa shape index (κ1) is 17.5. The summed E-state index contributed by atoms with van der Waals surface area (Å²) in [5, 5.41) is 25.0. The van der Waals surface area contributed by atoms with Gasteiger partial charge in [-0.15, -0.1) is 0 Å². The van der Waals surface area contributed by atoms with E-state index in [1.54, 1.807) is 19.2 Å². The van der Waals surface area contributed by atoms with E-state index in [0.717, 1.165) is 26.0 Å². The Morgan fingerprint density at radius 2 is 1.48 bits per heavy atom. The van der Waals surface area contributed by atoms with Crippen molar-refractivity contribution in [2.75, 3.05) is 14.2 Å². The summed E-state index contributed by atoms with van der Waals surface area (Å²) in [5.74, 6) is 1.11. The van der Waals surface area contributed by atoms with Crippen molar-refractivity contribution in [1.82, 2.24) is 0 Å². The van der Waals surface area contributed by atoms with Crippen LogP contribution in [-0.4, -0.2) is 24.4 Å². The van der Waals surface area contributed by atoms with Crippen LogP contribution in [0.15, 0.2) is 59.1 Å². The largest absolute Gasteiger partial charge is 0.507 e. The number of methoxy groups -OCH3 is 2. The third kappa shape index (κ3) is 2.84. The Bertz CT molecular complexity index is 1180. The average molecular weight is 425 g/mol. The number of aromatic hydroxyl groups is 2.